The van der Waals surface area contributed by atoms with Crippen LogP contribution in [0.25, 0.3) is 0 Å². The molecule has 2 N–H and O–H groups in total. The van der Waals surface area contributed by atoms with Crippen molar-refractivity contribution in [3.8, 4) is 0 Å². The normalized spacial score (nSPS) is 24.6. The Labute approximate surface area is 101 Å². The SMILES string of the molecule is Cc1cc(C2CC(C(=O)O)CCN2)cc(C)n1. The van der Waals surface area contributed by atoms with Gasteiger partial charge in [-0.3, -0.25) is 9.78 Å². The number of rotatable bonds is 2. The van der Waals surface area contributed by atoms with E-state index in [1.54, 1.807) is 0 Å². The first-order valence-corrected chi connectivity index (χ1v) is 5.97. The average Bonchev–Trinajstić information content (AvgIpc) is 2.28. The summed E-state index contributed by atoms with van der Waals surface area (Å²) in [5.41, 5.74) is 3.12. The molecule has 2 rings (SSSR count). The molecule has 1 aromatic rings. The fraction of sp³-hybridized carbons (Fsp3) is 0.538. The molecule has 0 radical (unpaired) electrons. The highest BCUT2D eigenvalue weighted by molar-refractivity contribution is 5.70. The molecule has 0 aromatic carbocycles. The molecule has 0 aliphatic carbocycles. The van der Waals surface area contributed by atoms with Crippen LogP contribution in [0.4, 0.5) is 0 Å². The van der Waals surface area contributed by atoms with Gasteiger partial charge in [0.2, 0.25) is 0 Å². The van der Waals surface area contributed by atoms with Gasteiger partial charge < -0.3 is 10.4 Å². The van der Waals surface area contributed by atoms with Crippen molar-refractivity contribution in [2.75, 3.05) is 6.54 Å². The monoisotopic (exact) mass is 234 g/mol. The Morgan fingerprint density at radius 2 is 2.06 bits per heavy atom. The van der Waals surface area contributed by atoms with Gasteiger partial charge >= 0.3 is 5.97 Å². The zero-order valence-electron chi connectivity index (χ0n) is 10.2. The summed E-state index contributed by atoms with van der Waals surface area (Å²) in [5.74, 6) is -0.908. The molecule has 1 aromatic heterocycles. The highest BCUT2D eigenvalue weighted by Gasteiger charge is 2.27. The van der Waals surface area contributed by atoms with Crippen LogP contribution in [-0.4, -0.2) is 22.6 Å². The standard InChI is InChI=1S/C13H18N2O2/c1-8-5-11(6-9(2)15-8)12-7-10(13(16)17)3-4-14-12/h5-6,10,12,14H,3-4,7H2,1-2H3,(H,16,17). The fourth-order valence-corrected chi connectivity index (χ4v) is 2.46. The van der Waals surface area contributed by atoms with Crippen molar-refractivity contribution in [3.05, 3.63) is 29.1 Å². The Balaban J connectivity index is 2.18. The number of aryl methyl sites for hydroxylation is 2. The van der Waals surface area contributed by atoms with E-state index in [4.69, 9.17) is 5.11 Å². The first-order chi connectivity index (χ1) is 8.06. The third kappa shape index (κ3) is 2.82. The number of carboxylic acids is 1. The van der Waals surface area contributed by atoms with Gasteiger partial charge in [-0.05, 0) is 50.9 Å². The van der Waals surface area contributed by atoms with Crippen molar-refractivity contribution in [2.45, 2.75) is 32.7 Å². The Morgan fingerprint density at radius 3 is 2.65 bits per heavy atom. The van der Waals surface area contributed by atoms with E-state index in [1.807, 2.05) is 26.0 Å². The predicted molar refractivity (Wildman–Crippen MR) is 64.8 cm³/mol. The molecule has 4 nitrogen and oxygen atoms in total. The maximum absolute atomic E-state index is 11.0. The maximum Gasteiger partial charge on any atom is 0.306 e. The zero-order valence-corrected chi connectivity index (χ0v) is 10.2. The van der Waals surface area contributed by atoms with Gasteiger partial charge in [0.15, 0.2) is 0 Å². The summed E-state index contributed by atoms with van der Waals surface area (Å²) in [6.45, 7) is 4.70. The summed E-state index contributed by atoms with van der Waals surface area (Å²) < 4.78 is 0. The zero-order chi connectivity index (χ0) is 12.4. The molecule has 92 valence electrons. The summed E-state index contributed by atoms with van der Waals surface area (Å²) in [6.07, 6.45) is 1.38. The second kappa shape index (κ2) is 4.84. The smallest absolute Gasteiger partial charge is 0.306 e. The molecule has 2 unspecified atom stereocenters. The van der Waals surface area contributed by atoms with Crippen LogP contribution in [0.2, 0.25) is 0 Å². The molecule has 0 amide bonds. The molecule has 1 aliphatic rings. The van der Waals surface area contributed by atoms with Crippen molar-refractivity contribution >= 4 is 5.97 Å². The number of aromatic nitrogens is 1. The lowest BCUT2D eigenvalue weighted by atomic mass is 9.89. The van der Waals surface area contributed by atoms with E-state index in [0.717, 1.165) is 29.9 Å². The van der Waals surface area contributed by atoms with E-state index in [-0.39, 0.29) is 12.0 Å². The number of hydrogen-bond donors (Lipinski definition) is 2. The number of carbonyl (C=O) groups is 1. The second-order valence-corrected chi connectivity index (χ2v) is 4.75. The van der Waals surface area contributed by atoms with Gasteiger partial charge in [-0.1, -0.05) is 0 Å². The number of piperidine rings is 1. The third-order valence-electron chi connectivity index (χ3n) is 3.26. The summed E-state index contributed by atoms with van der Waals surface area (Å²) in [6, 6.07) is 4.22. The van der Waals surface area contributed by atoms with Crippen LogP contribution in [-0.2, 0) is 4.79 Å². The van der Waals surface area contributed by atoms with Crippen LogP contribution in [0.15, 0.2) is 12.1 Å². The van der Waals surface area contributed by atoms with E-state index < -0.39 is 5.97 Å². The lowest BCUT2D eigenvalue weighted by Crippen LogP contribution is -2.35. The lowest BCUT2D eigenvalue weighted by molar-refractivity contribution is -0.143. The van der Waals surface area contributed by atoms with Crippen LogP contribution in [0.1, 0.15) is 35.8 Å². The molecule has 0 bridgehead atoms. The Hall–Kier alpha value is -1.42. The van der Waals surface area contributed by atoms with Crippen LogP contribution in [0.3, 0.4) is 0 Å². The molecule has 0 spiro atoms. The minimum atomic E-state index is -0.681. The average molecular weight is 234 g/mol. The third-order valence-corrected chi connectivity index (χ3v) is 3.26. The topological polar surface area (TPSA) is 62.2 Å². The van der Waals surface area contributed by atoms with E-state index in [0.29, 0.717) is 6.42 Å². The number of carboxylic acid groups (broad SMARTS) is 1. The fourth-order valence-electron chi connectivity index (χ4n) is 2.46. The van der Waals surface area contributed by atoms with Gasteiger partial charge in [-0.2, -0.15) is 0 Å². The molecular weight excluding hydrogens is 216 g/mol. The first-order valence-electron chi connectivity index (χ1n) is 5.97. The van der Waals surface area contributed by atoms with Gasteiger partial charge in [0.25, 0.3) is 0 Å². The first kappa shape index (κ1) is 12.0. The Bertz CT molecular complexity index is 411. The van der Waals surface area contributed by atoms with Crippen LogP contribution in [0.5, 0.6) is 0 Å². The molecular formula is C13H18N2O2. The predicted octanol–water partition coefficient (Wildman–Crippen LogP) is 1.82. The van der Waals surface area contributed by atoms with E-state index >= 15 is 0 Å². The molecule has 4 heteroatoms. The maximum atomic E-state index is 11.0. The molecule has 1 saturated heterocycles. The molecule has 1 fully saturated rings. The number of nitrogens with one attached hydrogen (secondary N) is 1. The number of nitrogens with zero attached hydrogens (tertiary/aromatic N) is 1. The molecule has 2 atom stereocenters. The molecule has 17 heavy (non-hydrogen) atoms. The minimum absolute atomic E-state index is 0.144. The van der Waals surface area contributed by atoms with Crippen molar-refractivity contribution in [1.29, 1.82) is 0 Å². The number of hydrogen-bond acceptors (Lipinski definition) is 3. The number of aliphatic carboxylic acids is 1. The Morgan fingerprint density at radius 1 is 1.41 bits per heavy atom. The summed E-state index contributed by atoms with van der Waals surface area (Å²) in [5, 5.41) is 12.5. The van der Waals surface area contributed by atoms with Crippen molar-refractivity contribution in [2.24, 2.45) is 5.92 Å². The minimum Gasteiger partial charge on any atom is -0.481 e. The summed E-state index contributed by atoms with van der Waals surface area (Å²) in [4.78, 5) is 15.4. The van der Waals surface area contributed by atoms with Crippen LogP contribution >= 0.6 is 0 Å². The van der Waals surface area contributed by atoms with Crippen molar-refractivity contribution < 1.29 is 9.90 Å². The molecule has 2 heterocycles. The van der Waals surface area contributed by atoms with Gasteiger partial charge in [-0.15, -0.1) is 0 Å². The number of pyridine rings is 1. The van der Waals surface area contributed by atoms with E-state index in [9.17, 15) is 4.79 Å². The van der Waals surface area contributed by atoms with E-state index in [1.165, 1.54) is 0 Å². The highest BCUT2D eigenvalue weighted by Crippen LogP contribution is 2.27. The van der Waals surface area contributed by atoms with E-state index in [2.05, 4.69) is 10.3 Å². The summed E-state index contributed by atoms with van der Waals surface area (Å²) >= 11 is 0. The van der Waals surface area contributed by atoms with Gasteiger partial charge in [-0.25, -0.2) is 0 Å². The summed E-state index contributed by atoms with van der Waals surface area (Å²) in [7, 11) is 0. The van der Waals surface area contributed by atoms with Gasteiger partial charge in [0, 0.05) is 17.4 Å². The van der Waals surface area contributed by atoms with Crippen LogP contribution in [0, 0.1) is 19.8 Å². The van der Waals surface area contributed by atoms with Crippen molar-refractivity contribution in [3.63, 3.8) is 0 Å². The second-order valence-electron chi connectivity index (χ2n) is 4.75. The Kier molecular flexibility index (Phi) is 3.43. The van der Waals surface area contributed by atoms with Crippen LogP contribution < -0.4 is 5.32 Å². The van der Waals surface area contributed by atoms with Gasteiger partial charge in [0.05, 0.1) is 5.92 Å². The molecule has 0 saturated carbocycles. The largest absolute Gasteiger partial charge is 0.481 e. The highest BCUT2D eigenvalue weighted by atomic mass is 16.4. The molecule has 1 aliphatic heterocycles. The van der Waals surface area contributed by atoms with Crippen molar-refractivity contribution in [1.82, 2.24) is 10.3 Å². The quantitative estimate of drug-likeness (QED) is 0.819. The van der Waals surface area contributed by atoms with Gasteiger partial charge in [0.1, 0.15) is 0 Å². The lowest BCUT2D eigenvalue weighted by Gasteiger charge is -2.28.